The van der Waals surface area contributed by atoms with Crippen molar-refractivity contribution in [1.29, 1.82) is 0 Å². The second-order valence-corrected chi connectivity index (χ2v) is 4.93. The van der Waals surface area contributed by atoms with Gasteiger partial charge in [0.1, 0.15) is 0 Å². The predicted octanol–water partition coefficient (Wildman–Crippen LogP) is 2.08. The first kappa shape index (κ1) is 13.0. The van der Waals surface area contributed by atoms with Crippen molar-refractivity contribution in [3.63, 3.8) is 0 Å². The molecule has 0 spiro atoms. The van der Waals surface area contributed by atoms with Gasteiger partial charge in [0.2, 0.25) is 0 Å². The third-order valence-electron chi connectivity index (χ3n) is 3.83. The van der Waals surface area contributed by atoms with Crippen molar-refractivity contribution in [3.8, 4) is 0 Å². The van der Waals surface area contributed by atoms with Gasteiger partial charge in [-0.25, -0.2) is 0 Å². The summed E-state index contributed by atoms with van der Waals surface area (Å²) in [6.45, 7) is 3.92. The molecule has 1 rings (SSSR count). The van der Waals surface area contributed by atoms with Gasteiger partial charge in [0.15, 0.2) is 0 Å². The number of carboxylic acid groups (broad SMARTS) is 1. The first-order valence-corrected chi connectivity index (χ1v) is 5.75. The summed E-state index contributed by atoms with van der Waals surface area (Å²) in [5.74, 6) is -1.35. The molecule has 92 valence electrons. The second kappa shape index (κ2) is 4.85. The van der Waals surface area contributed by atoms with Gasteiger partial charge in [-0.1, -0.05) is 20.3 Å². The third-order valence-corrected chi connectivity index (χ3v) is 3.83. The van der Waals surface area contributed by atoms with Crippen LogP contribution in [0, 0.1) is 17.3 Å². The molecule has 1 saturated carbocycles. The van der Waals surface area contributed by atoms with E-state index in [1.165, 1.54) is 7.11 Å². The molecule has 0 unspecified atom stereocenters. The lowest BCUT2D eigenvalue weighted by atomic mass is 9.63. The van der Waals surface area contributed by atoms with E-state index in [2.05, 4.69) is 0 Å². The Bertz CT molecular complexity index is 285. The summed E-state index contributed by atoms with van der Waals surface area (Å²) in [4.78, 5) is 22.9. The molecule has 0 heterocycles. The number of carboxylic acids is 1. The molecule has 1 N–H and O–H groups in total. The fourth-order valence-corrected chi connectivity index (χ4v) is 2.67. The number of hydrogen-bond donors (Lipinski definition) is 1. The molecule has 1 aliphatic carbocycles. The Morgan fingerprint density at radius 3 is 2.50 bits per heavy atom. The van der Waals surface area contributed by atoms with Gasteiger partial charge in [0.25, 0.3) is 0 Å². The zero-order valence-corrected chi connectivity index (χ0v) is 10.2. The highest BCUT2D eigenvalue weighted by atomic mass is 16.5. The maximum atomic E-state index is 11.9. The van der Waals surface area contributed by atoms with Crippen LogP contribution in [0.15, 0.2) is 0 Å². The highest BCUT2D eigenvalue weighted by Crippen LogP contribution is 2.45. The van der Waals surface area contributed by atoms with Crippen molar-refractivity contribution in [2.75, 3.05) is 7.11 Å². The lowest BCUT2D eigenvalue weighted by Crippen LogP contribution is -2.43. The maximum absolute atomic E-state index is 11.9. The number of ether oxygens (including phenoxy) is 1. The molecule has 1 aliphatic rings. The first-order chi connectivity index (χ1) is 7.44. The molecule has 0 amide bonds. The predicted molar refractivity (Wildman–Crippen MR) is 58.9 cm³/mol. The molecule has 0 aliphatic heterocycles. The van der Waals surface area contributed by atoms with Gasteiger partial charge in [0, 0.05) is 0 Å². The Labute approximate surface area is 96.0 Å². The highest BCUT2D eigenvalue weighted by molar-refractivity contribution is 5.79. The monoisotopic (exact) mass is 228 g/mol. The van der Waals surface area contributed by atoms with Crippen molar-refractivity contribution >= 4 is 11.9 Å². The molecular weight excluding hydrogens is 208 g/mol. The first-order valence-electron chi connectivity index (χ1n) is 5.75. The summed E-state index contributed by atoms with van der Waals surface area (Å²) in [5.41, 5.74) is -0.601. The van der Waals surface area contributed by atoms with Crippen LogP contribution >= 0.6 is 0 Å². The topological polar surface area (TPSA) is 63.6 Å². The SMILES string of the molecule is COC(=O)[C@]1(C(C)C)CCC[C@@H](C(=O)O)C1. The van der Waals surface area contributed by atoms with Gasteiger partial charge in [0.05, 0.1) is 18.4 Å². The Morgan fingerprint density at radius 2 is 2.06 bits per heavy atom. The molecule has 4 heteroatoms. The minimum atomic E-state index is -0.798. The van der Waals surface area contributed by atoms with E-state index in [1.807, 2.05) is 13.8 Å². The molecule has 0 saturated heterocycles. The van der Waals surface area contributed by atoms with Crippen LogP contribution < -0.4 is 0 Å². The van der Waals surface area contributed by atoms with Gasteiger partial charge >= 0.3 is 11.9 Å². The van der Waals surface area contributed by atoms with Crippen LogP contribution in [0.2, 0.25) is 0 Å². The van der Waals surface area contributed by atoms with Crippen LogP contribution in [0.3, 0.4) is 0 Å². The van der Waals surface area contributed by atoms with Crippen LogP contribution in [0.1, 0.15) is 39.5 Å². The summed E-state index contributed by atoms with van der Waals surface area (Å²) in [6.07, 6.45) is 2.60. The molecule has 0 bridgehead atoms. The molecule has 0 aromatic heterocycles. The number of hydrogen-bond acceptors (Lipinski definition) is 3. The van der Waals surface area contributed by atoms with Crippen LogP contribution in [0.4, 0.5) is 0 Å². The number of carbonyl (C=O) groups excluding carboxylic acids is 1. The minimum Gasteiger partial charge on any atom is -0.481 e. The quantitative estimate of drug-likeness (QED) is 0.751. The molecule has 4 nitrogen and oxygen atoms in total. The maximum Gasteiger partial charge on any atom is 0.312 e. The van der Waals surface area contributed by atoms with Gasteiger partial charge in [-0.2, -0.15) is 0 Å². The zero-order valence-electron chi connectivity index (χ0n) is 10.2. The Kier molecular flexibility index (Phi) is 3.94. The van der Waals surface area contributed by atoms with Crippen molar-refractivity contribution < 1.29 is 19.4 Å². The summed E-state index contributed by atoms with van der Waals surface area (Å²) in [5, 5.41) is 9.05. The van der Waals surface area contributed by atoms with Crippen LogP contribution in [0.25, 0.3) is 0 Å². The van der Waals surface area contributed by atoms with Gasteiger partial charge in [-0.15, -0.1) is 0 Å². The summed E-state index contributed by atoms with van der Waals surface area (Å²) < 4.78 is 4.85. The van der Waals surface area contributed by atoms with Crippen molar-refractivity contribution in [1.82, 2.24) is 0 Å². The Hall–Kier alpha value is -1.06. The lowest BCUT2D eigenvalue weighted by Gasteiger charge is -2.40. The van der Waals surface area contributed by atoms with E-state index in [0.29, 0.717) is 12.8 Å². The molecule has 0 radical (unpaired) electrons. The van der Waals surface area contributed by atoms with E-state index in [1.54, 1.807) is 0 Å². The number of carbonyl (C=O) groups is 2. The molecule has 16 heavy (non-hydrogen) atoms. The highest BCUT2D eigenvalue weighted by Gasteiger charge is 2.47. The van der Waals surface area contributed by atoms with E-state index >= 15 is 0 Å². The summed E-state index contributed by atoms with van der Waals surface area (Å²) >= 11 is 0. The minimum absolute atomic E-state index is 0.113. The molecule has 1 fully saturated rings. The average Bonchev–Trinajstić information content (AvgIpc) is 2.27. The van der Waals surface area contributed by atoms with E-state index in [4.69, 9.17) is 9.84 Å². The second-order valence-electron chi connectivity index (χ2n) is 4.93. The summed E-state index contributed by atoms with van der Waals surface area (Å²) in [6, 6.07) is 0. The van der Waals surface area contributed by atoms with Crippen LogP contribution in [-0.2, 0) is 14.3 Å². The molecular formula is C12H20O4. The lowest BCUT2D eigenvalue weighted by molar-refractivity contribution is -0.162. The molecule has 0 aromatic rings. The van der Waals surface area contributed by atoms with Crippen molar-refractivity contribution in [3.05, 3.63) is 0 Å². The smallest absolute Gasteiger partial charge is 0.312 e. The fraction of sp³-hybridized carbons (Fsp3) is 0.833. The Morgan fingerprint density at radius 1 is 1.44 bits per heavy atom. The van der Waals surface area contributed by atoms with E-state index in [-0.39, 0.29) is 11.9 Å². The van der Waals surface area contributed by atoms with Gasteiger partial charge in [-0.05, 0) is 25.2 Å². The van der Waals surface area contributed by atoms with E-state index in [0.717, 1.165) is 12.8 Å². The normalized spacial score (nSPS) is 30.1. The van der Waals surface area contributed by atoms with Crippen molar-refractivity contribution in [2.24, 2.45) is 17.3 Å². The van der Waals surface area contributed by atoms with Gasteiger partial charge < -0.3 is 9.84 Å². The summed E-state index contributed by atoms with van der Waals surface area (Å²) in [7, 11) is 1.37. The molecule has 0 aromatic carbocycles. The number of aliphatic carboxylic acids is 1. The van der Waals surface area contributed by atoms with Crippen molar-refractivity contribution in [2.45, 2.75) is 39.5 Å². The van der Waals surface area contributed by atoms with Crippen LogP contribution in [-0.4, -0.2) is 24.2 Å². The standard InChI is InChI=1S/C12H20O4/c1-8(2)12(11(15)16-3)6-4-5-9(7-12)10(13)14/h8-9H,4-7H2,1-3H3,(H,13,14)/t9-,12-/m1/s1. The van der Waals surface area contributed by atoms with Crippen LogP contribution in [0.5, 0.6) is 0 Å². The zero-order chi connectivity index (χ0) is 12.3. The number of rotatable bonds is 3. The largest absolute Gasteiger partial charge is 0.481 e. The van der Waals surface area contributed by atoms with E-state index in [9.17, 15) is 9.59 Å². The van der Waals surface area contributed by atoms with Gasteiger partial charge in [-0.3, -0.25) is 9.59 Å². The van der Waals surface area contributed by atoms with E-state index < -0.39 is 17.3 Å². The fourth-order valence-electron chi connectivity index (χ4n) is 2.67. The third kappa shape index (κ3) is 2.20. The number of methoxy groups -OCH3 is 1. The number of esters is 1. The molecule has 2 atom stereocenters. The average molecular weight is 228 g/mol. The Balaban J connectivity index is 2.93.